The summed E-state index contributed by atoms with van der Waals surface area (Å²) >= 11 is 0. The van der Waals surface area contributed by atoms with E-state index in [4.69, 9.17) is 0 Å². The quantitative estimate of drug-likeness (QED) is 0.611. The second-order valence-electron chi connectivity index (χ2n) is 6.25. The summed E-state index contributed by atoms with van der Waals surface area (Å²) in [6.45, 7) is 4.74. The molecular formula is C19H27FN2O. The first-order valence-electron chi connectivity index (χ1n) is 8.80. The molecule has 4 heteroatoms. The zero-order valence-corrected chi connectivity index (χ0v) is 14.3. The van der Waals surface area contributed by atoms with Gasteiger partial charge in [-0.15, -0.1) is 0 Å². The van der Waals surface area contributed by atoms with Crippen molar-refractivity contribution in [1.29, 1.82) is 0 Å². The van der Waals surface area contributed by atoms with Gasteiger partial charge < -0.3 is 0 Å². The van der Waals surface area contributed by atoms with Gasteiger partial charge in [-0.1, -0.05) is 51.9 Å². The summed E-state index contributed by atoms with van der Waals surface area (Å²) in [6.07, 6.45) is 9.89. The Balaban J connectivity index is 1.90. The molecule has 0 N–H and O–H groups in total. The van der Waals surface area contributed by atoms with E-state index in [0.717, 1.165) is 12.8 Å². The van der Waals surface area contributed by atoms with E-state index >= 15 is 0 Å². The van der Waals surface area contributed by atoms with Crippen LogP contribution >= 0.6 is 0 Å². The van der Waals surface area contributed by atoms with Gasteiger partial charge >= 0.3 is 0 Å². The summed E-state index contributed by atoms with van der Waals surface area (Å²) in [5.74, 6) is 0.306. The maximum absolute atomic E-state index is 13.3. The molecule has 0 unspecified atom stereocenters. The minimum Gasteiger partial charge on any atom is -0.296 e. The smallest absolute Gasteiger partial charge is 0.261 e. The second kappa shape index (κ2) is 8.80. The first kappa shape index (κ1) is 17.6. The van der Waals surface area contributed by atoms with Crippen molar-refractivity contribution in [2.45, 2.75) is 71.8 Å². The molecule has 3 nitrogen and oxygen atoms in total. The Kier molecular flexibility index (Phi) is 6.75. The van der Waals surface area contributed by atoms with Crippen molar-refractivity contribution in [2.24, 2.45) is 0 Å². The van der Waals surface area contributed by atoms with E-state index in [9.17, 15) is 9.18 Å². The van der Waals surface area contributed by atoms with Gasteiger partial charge in [0.1, 0.15) is 11.6 Å². The molecule has 0 bridgehead atoms. The van der Waals surface area contributed by atoms with Crippen LogP contribution in [0.1, 0.15) is 64.1 Å². The molecule has 2 aromatic rings. The van der Waals surface area contributed by atoms with Gasteiger partial charge in [0.25, 0.3) is 5.56 Å². The summed E-state index contributed by atoms with van der Waals surface area (Å²) in [5, 5.41) is 0.497. The average Bonchev–Trinajstić information content (AvgIpc) is 2.52. The van der Waals surface area contributed by atoms with Crippen molar-refractivity contribution in [2.75, 3.05) is 0 Å². The molecule has 0 radical (unpaired) electrons. The number of hydrogen-bond acceptors (Lipinski definition) is 2. The average molecular weight is 318 g/mol. The molecule has 0 fully saturated rings. The number of aromatic nitrogens is 2. The molecular weight excluding hydrogens is 291 g/mol. The Morgan fingerprint density at radius 3 is 2.39 bits per heavy atom. The molecule has 0 aliphatic heterocycles. The highest BCUT2D eigenvalue weighted by Gasteiger charge is 2.08. The SMILES string of the molecule is CCCCCCCCCCn1c(C)nc2cc(F)ccc2c1=O. The molecule has 0 saturated carbocycles. The summed E-state index contributed by atoms with van der Waals surface area (Å²) in [7, 11) is 0. The van der Waals surface area contributed by atoms with E-state index in [0.29, 0.717) is 23.3 Å². The Morgan fingerprint density at radius 1 is 1.04 bits per heavy atom. The van der Waals surface area contributed by atoms with Crippen LogP contribution in [-0.4, -0.2) is 9.55 Å². The predicted molar refractivity (Wildman–Crippen MR) is 93.3 cm³/mol. The Bertz CT molecular complexity index is 694. The molecule has 126 valence electrons. The van der Waals surface area contributed by atoms with Crippen LogP contribution in [-0.2, 0) is 6.54 Å². The highest BCUT2D eigenvalue weighted by molar-refractivity contribution is 5.77. The fourth-order valence-corrected chi connectivity index (χ4v) is 2.97. The van der Waals surface area contributed by atoms with Gasteiger partial charge in [0.05, 0.1) is 10.9 Å². The van der Waals surface area contributed by atoms with Crippen molar-refractivity contribution in [3.05, 3.63) is 40.2 Å². The van der Waals surface area contributed by atoms with E-state index in [-0.39, 0.29) is 11.4 Å². The normalized spacial score (nSPS) is 11.3. The topological polar surface area (TPSA) is 34.9 Å². The summed E-state index contributed by atoms with van der Waals surface area (Å²) in [6, 6.07) is 4.18. The van der Waals surface area contributed by atoms with Crippen LogP contribution in [0.3, 0.4) is 0 Å². The van der Waals surface area contributed by atoms with E-state index in [1.54, 1.807) is 4.57 Å². The maximum atomic E-state index is 13.3. The second-order valence-corrected chi connectivity index (χ2v) is 6.25. The highest BCUT2D eigenvalue weighted by Crippen LogP contribution is 2.12. The van der Waals surface area contributed by atoms with Gasteiger partial charge in [0, 0.05) is 12.6 Å². The van der Waals surface area contributed by atoms with E-state index in [1.165, 1.54) is 56.7 Å². The predicted octanol–water partition coefficient (Wildman–Crippen LogP) is 4.98. The van der Waals surface area contributed by atoms with Gasteiger partial charge in [-0.3, -0.25) is 9.36 Å². The fraction of sp³-hybridized carbons (Fsp3) is 0.579. The number of benzene rings is 1. The molecule has 0 amide bonds. The summed E-state index contributed by atoms with van der Waals surface area (Å²) in [5.41, 5.74) is 0.384. The minimum absolute atomic E-state index is 0.0598. The third-order valence-corrected chi connectivity index (χ3v) is 4.34. The molecule has 1 heterocycles. The van der Waals surface area contributed by atoms with Crippen molar-refractivity contribution >= 4 is 10.9 Å². The van der Waals surface area contributed by atoms with Crippen LogP contribution in [0, 0.1) is 12.7 Å². The lowest BCUT2D eigenvalue weighted by Crippen LogP contribution is -2.24. The number of nitrogens with zero attached hydrogens (tertiary/aromatic N) is 2. The number of aryl methyl sites for hydroxylation is 1. The number of halogens is 1. The summed E-state index contributed by atoms with van der Waals surface area (Å²) < 4.78 is 15.0. The first-order chi connectivity index (χ1) is 11.1. The lowest BCUT2D eigenvalue weighted by molar-refractivity contribution is 0.529. The number of fused-ring (bicyclic) bond motifs is 1. The van der Waals surface area contributed by atoms with E-state index in [1.807, 2.05) is 6.92 Å². The van der Waals surface area contributed by atoms with Gasteiger partial charge in [-0.25, -0.2) is 9.37 Å². The van der Waals surface area contributed by atoms with Crippen LogP contribution in [0.25, 0.3) is 10.9 Å². The van der Waals surface area contributed by atoms with Crippen LogP contribution in [0.15, 0.2) is 23.0 Å². The minimum atomic E-state index is -0.357. The third-order valence-electron chi connectivity index (χ3n) is 4.34. The molecule has 1 aromatic carbocycles. The maximum Gasteiger partial charge on any atom is 0.261 e. The lowest BCUT2D eigenvalue weighted by Gasteiger charge is -2.10. The molecule has 0 aliphatic carbocycles. The largest absolute Gasteiger partial charge is 0.296 e. The van der Waals surface area contributed by atoms with Gasteiger partial charge in [-0.05, 0) is 25.5 Å². The van der Waals surface area contributed by atoms with Gasteiger partial charge in [0.15, 0.2) is 0 Å². The Morgan fingerprint density at radius 2 is 1.70 bits per heavy atom. The highest BCUT2D eigenvalue weighted by atomic mass is 19.1. The third kappa shape index (κ3) is 4.88. The van der Waals surface area contributed by atoms with Crippen LogP contribution in [0.5, 0.6) is 0 Å². The zero-order chi connectivity index (χ0) is 16.7. The van der Waals surface area contributed by atoms with Crippen LogP contribution in [0.4, 0.5) is 4.39 Å². The molecule has 0 saturated heterocycles. The van der Waals surface area contributed by atoms with Gasteiger partial charge in [0.2, 0.25) is 0 Å². The molecule has 0 spiro atoms. The first-order valence-corrected chi connectivity index (χ1v) is 8.80. The molecule has 1 aromatic heterocycles. The van der Waals surface area contributed by atoms with E-state index < -0.39 is 0 Å². The zero-order valence-electron chi connectivity index (χ0n) is 14.3. The monoisotopic (exact) mass is 318 g/mol. The van der Waals surface area contributed by atoms with Crippen molar-refractivity contribution in [1.82, 2.24) is 9.55 Å². The van der Waals surface area contributed by atoms with Gasteiger partial charge in [-0.2, -0.15) is 0 Å². The fourth-order valence-electron chi connectivity index (χ4n) is 2.97. The Labute approximate surface area is 137 Å². The standard InChI is InChI=1S/C19H27FN2O/c1-3-4-5-6-7-8-9-10-13-22-15(2)21-18-14-16(20)11-12-17(18)19(22)23/h11-12,14H,3-10,13H2,1-2H3. The molecule has 0 aliphatic rings. The number of hydrogen-bond donors (Lipinski definition) is 0. The molecule has 23 heavy (non-hydrogen) atoms. The van der Waals surface area contributed by atoms with E-state index in [2.05, 4.69) is 11.9 Å². The van der Waals surface area contributed by atoms with Crippen molar-refractivity contribution < 1.29 is 4.39 Å². The van der Waals surface area contributed by atoms with Crippen molar-refractivity contribution in [3.8, 4) is 0 Å². The van der Waals surface area contributed by atoms with Crippen molar-refractivity contribution in [3.63, 3.8) is 0 Å². The molecule has 0 atom stereocenters. The Hall–Kier alpha value is -1.71. The molecule has 2 rings (SSSR count). The number of rotatable bonds is 9. The number of unbranched alkanes of at least 4 members (excludes halogenated alkanes) is 7. The van der Waals surface area contributed by atoms with Crippen LogP contribution in [0.2, 0.25) is 0 Å². The summed E-state index contributed by atoms with van der Waals surface area (Å²) in [4.78, 5) is 16.9. The lowest BCUT2D eigenvalue weighted by atomic mass is 10.1. The van der Waals surface area contributed by atoms with Crippen LogP contribution < -0.4 is 5.56 Å².